The quantitative estimate of drug-likeness (QED) is 0.875. The number of hydrogen-bond donors (Lipinski definition) is 1. The average molecular weight is 245 g/mol. The molecule has 5 heteroatoms. The second-order valence-corrected chi connectivity index (χ2v) is 4.34. The van der Waals surface area contributed by atoms with Gasteiger partial charge in [-0.25, -0.2) is 9.67 Å². The molecule has 2 rings (SSSR count). The van der Waals surface area contributed by atoms with E-state index < -0.39 is 0 Å². The molecule has 2 aromatic rings. The largest absolute Gasteiger partial charge is 0.310 e. The molecule has 18 heavy (non-hydrogen) atoms. The van der Waals surface area contributed by atoms with Gasteiger partial charge in [-0.05, 0) is 26.8 Å². The topological polar surface area (TPSA) is 55.6 Å². The summed E-state index contributed by atoms with van der Waals surface area (Å²) in [6.07, 6.45) is 8.08. The number of nitrogens with one attached hydrogen (secondary N) is 1. The lowest BCUT2D eigenvalue weighted by atomic mass is 10.1. The summed E-state index contributed by atoms with van der Waals surface area (Å²) in [5.41, 5.74) is 2.31. The highest BCUT2D eigenvalue weighted by Crippen LogP contribution is 2.18. The van der Waals surface area contributed by atoms with E-state index in [0.29, 0.717) is 6.04 Å². The molecular formula is C13H19N5. The molecule has 0 saturated heterocycles. The SMILES string of the molecule is CCCNC(C)c1cnn(-c2cnccn2)c1C. The van der Waals surface area contributed by atoms with Crippen molar-refractivity contribution in [1.29, 1.82) is 0 Å². The first kappa shape index (κ1) is 12.7. The Kier molecular flexibility index (Phi) is 4.04. The van der Waals surface area contributed by atoms with Gasteiger partial charge in [0.25, 0.3) is 0 Å². The molecule has 96 valence electrons. The van der Waals surface area contributed by atoms with Crippen molar-refractivity contribution < 1.29 is 0 Å². The van der Waals surface area contributed by atoms with Crippen LogP contribution in [0.2, 0.25) is 0 Å². The summed E-state index contributed by atoms with van der Waals surface area (Å²) in [6.45, 7) is 7.38. The Morgan fingerprint density at radius 1 is 1.33 bits per heavy atom. The van der Waals surface area contributed by atoms with Crippen LogP contribution in [0.5, 0.6) is 0 Å². The van der Waals surface area contributed by atoms with Gasteiger partial charge in [-0.1, -0.05) is 6.92 Å². The Morgan fingerprint density at radius 2 is 2.17 bits per heavy atom. The second-order valence-electron chi connectivity index (χ2n) is 4.34. The standard InChI is InChI=1S/C13H19N5/c1-4-5-15-10(2)12-8-17-18(11(12)3)13-9-14-6-7-16-13/h6-10,15H,4-5H2,1-3H3. The summed E-state index contributed by atoms with van der Waals surface area (Å²) in [4.78, 5) is 8.33. The maximum absolute atomic E-state index is 4.39. The minimum atomic E-state index is 0.301. The number of rotatable bonds is 5. The molecule has 0 aliphatic heterocycles. The molecule has 1 N–H and O–H groups in total. The molecular weight excluding hydrogens is 226 g/mol. The van der Waals surface area contributed by atoms with E-state index in [-0.39, 0.29) is 0 Å². The predicted molar refractivity (Wildman–Crippen MR) is 70.6 cm³/mol. The van der Waals surface area contributed by atoms with Gasteiger partial charge in [0.2, 0.25) is 0 Å². The van der Waals surface area contributed by atoms with Gasteiger partial charge in [0.05, 0.1) is 12.4 Å². The molecule has 2 aromatic heterocycles. The second kappa shape index (κ2) is 5.73. The van der Waals surface area contributed by atoms with E-state index in [1.165, 1.54) is 5.56 Å². The number of aromatic nitrogens is 4. The van der Waals surface area contributed by atoms with Gasteiger partial charge in [0.15, 0.2) is 5.82 Å². The molecule has 0 fully saturated rings. The van der Waals surface area contributed by atoms with Crippen LogP contribution in [0.4, 0.5) is 0 Å². The lowest BCUT2D eigenvalue weighted by Gasteiger charge is -2.12. The van der Waals surface area contributed by atoms with Crippen LogP contribution in [0.1, 0.15) is 37.6 Å². The van der Waals surface area contributed by atoms with Crippen LogP contribution in [-0.4, -0.2) is 26.3 Å². The van der Waals surface area contributed by atoms with E-state index in [2.05, 4.69) is 41.2 Å². The first-order chi connectivity index (χ1) is 8.74. The van der Waals surface area contributed by atoms with Gasteiger partial charge in [0, 0.05) is 29.7 Å². The molecule has 0 aromatic carbocycles. The van der Waals surface area contributed by atoms with Crippen LogP contribution in [0.25, 0.3) is 5.82 Å². The predicted octanol–water partition coefficient (Wildman–Crippen LogP) is 2.03. The Hall–Kier alpha value is -1.75. The summed E-state index contributed by atoms with van der Waals surface area (Å²) < 4.78 is 1.83. The molecule has 0 spiro atoms. The maximum atomic E-state index is 4.39. The molecule has 1 atom stereocenters. The molecule has 5 nitrogen and oxygen atoms in total. The Balaban J connectivity index is 2.24. The number of nitrogens with zero attached hydrogens (tertiary/aromatic N) is 4. The molecule has 0 amide bonds. The van der Waals surface area contributed by atoms with Gasteiger partial charge in [-0.3, -0.25) is 4.98 Å². The summed E-state index contributed by atoms with van der Waals surface area (Å²) in [5, 5.41) is 7.85. The molecule has 1 unspecified atom stereocenters. The summed E-state index contributed by atoms with van der Waals surface area (Å²) in [6, 6.07) is 0.301. The van der Waals surface area contributed by atoms with E-state index in [0.717, 1.165) is 24.5 Å². The molecule has 0 aliphatic rings. The average Bonchev–Trinajstić information content (AvgIpc) is 2.79. The van der Waals surface area contributed by atoms with Crippen molar-refractivity contribution in [2.75, 3.05) is 6.54 Å². The van der Waals surface area contributed by atoms with Crippen LogP contribution in [0.3, 0.4) is 0 Å². The van der Waals surface area contributed by atoms with Crippen LogP contribution >= 0.6 is 0 Å². The smallest absolute Gasteiger partial charge is 0.172 e. The Labute approximate surface area is 107 Å². The third-order valence-electron chi connectivity index (χ3n) is 2.98. The molecule has 0 radical (unpaired) electrons. The first-order valence-corrected chi connectivity index (χ1v) is 6.28. The highest BCUT2D eigenvalue weighted by molar-refractivity contribution is 5.28. The van der Waals surface area contributed by atoms with E-state index in [4.69, 9.17) is 0 Å². The van der Waals surface area contributed by atoms with Gasteiger partial charge < -0.3 is 5.32 Å². The number of hydrogen-bond acceptors (Lipinski definition) is 4. The lowest BCUT2D eigenvalue weighted by molar-refractivity contribution is 0.568. The van der Waals surface area contributed by atoms with Crippen molar-refractivity contribution >= 4 is 0 Å². The van der Waals surface area contributed by atoms with Crippen molar-refractivity contribution in [3.63, 3.8) is 0 Å². The molecule has 2 heterocycles. The fraction of sp³-hybridized carbons (Fsp3) is 0.462. The zero-order chi connectivity index (χ0) is 13.0. The monoisotopic (exact) mass is 245 g/mol. The minimum absolute atomic E-state index is 0.301. The van der Waals surface area contributed by atoms with Crippen LogP contribution in [0, 0.1) is 6.92 Å². The summed E-state index contributed by atoms with van der Waals surface area (Å²) in [7, 11) is 0. The highest BCUT2D eigenvalue weighted by Gasteiger charge is 2.13. The van der Waals surface area contributed by atoms with Crippen molar-refractivity contribution in [3.8, 4) is 5.82 Å². The van der Waals surface area contributed by atoms with Crippen molar-refractivity contribution in [2.24, 2.45) is 0 Å². The lowest BCUT2D eigenvalue weighted by Crippen LogP contribution is -2.19. The van der Waals surface area contributed by atoms with Gasteiger partial charge in [-0.2, -0.15) is 5.10 Å². The van der Waals surface area contributed by atoms with E-state index >= 15 is 0 Å². The fourth-order valence-corrected chi connectivity index (χ4v) is 1.95. The zero-order valence-corrected chi connectivity index (χ0v) is 11.1. The molecule has 0 saturated carbocycles. The van der Waals surface area contributed by atoms with Crippen molar-refractivity contribution in [3.05, 3.63) is 36.0 Å². The fourth-order valence-electron chi connectivity index (χ4n) is 1.95. The van der Waals surface area contributed by atoms with Gasteiger partial charge >= 0.3 is 0 Å². The van der Waals surface area contributed by atoms with Crippen molar-refractivity contribution in [2.45, 2.75) is 33.2 Å². The van der Waals surface area contributed by atoms with E-state index in [1.807, 2.05) is 10.9 Å². The third-order valence-corrected chi connectivity index (χ3v) is 2.98. The molecule has 0 bridgehead atoms. The highest BCUT2D eigenvalue weighted by atomic mass is 15.3. The maximum Gasteiger partial charge on any atom is 0.172 e. The molecule has 0 aliphatic carbocycles. The van der Waals surface area contributed by atoms with Crippen LogP contribution in [0.15, 0.2) is 24.8 Å². The van der Waals surface area contributed by atoms with Gasteiger partial charge in [0.1, 0.15) is 0 Å². The summed E-state index contributed by atoms with van der Waals surface area (Å²) in [5.74, 6) is 0.754. The normalized spacial score (nSPS) is 12.6. The van der Waals surface area contributed by atoms with Crippen molar-refractivity contribution in [1.82, 2.24) is 25.1 Å². The van der Waals surface area contributed by atoms with E-state index in [1.54, 1.807) is 18.6 Å². The van der Waals surface area contributed by atoms with Gasteiger partial charge in [-0.15, -0.1) is 0 Å². The van der Waals surface area contributed by atoms with Crippen LogP contribution in [-0.2, 0) is 0 Å². The first-order valence-electron chi connectivity index (χ1n) is 6.28. The minimum Gasteiger partial charge on any atom is -0.310 e. The summed E-state index contributed by atoms with van der Waals surface area (Å²) >= 11 is 0. The third kappa shape index (κ3) is 2.56. The van der Waals surface area contributed by atoms with Crippen LogP contribution < -0.4 is 5.32 Å². The zero-order valence-electron chi connectivity index (χ0n) is 11.1. The van der Waals surface area contributed by atoms with E-state index in [9.17, 15) is 0 Å². The Bertz CT molecular complexity index is 491. The Morgan fingerprint density at radius 3 is 2.83 bits per heavy atom.